The molecule has 0 rings (SSSR count). The van der Waals surface area contributed by atoms with Gasteiger partial charge in [-0.2, -0.15) is 0 Å². The summed E-state index contributed by atoms with van der Waals surface area (Å²) < 4.78 is 10.7. The Balaban J connectivity index is 3.49. The van der Waals surface area contributed by atoms with E-state index >= 15 is 0 Å². The number of carbonyl (C=O) groups is 2. The van der Waals surface area contributed by atoms with Gasteiger partial charge >= 0.3 is 11.9 Å². The zero-order valence-electron chi connectivity index (χ0n) is 47.7. The highest BCUT2D eigenvalue weighted by atomic mass is 16.6. The minimum Gasteiger partial charge on any atom is -0.462 e. The van der Waals surface area contributed by atoms with E-state index in [-0.39, 0.29) is 25.2 Å². The van der Waals surface area contributed by atoms with Crippen molar-refractivity contribution in [3.05, 3.63) is 85.1 Å². The van der Waals surface area contributed by atoms with E-state index in [1.165, 1.54) is 193 Å². The summed E-state index contributed by atoms with van der Waals surface area (Å²) in [5.41, 5.74) is 0. The molecule has 0 aromatic heterocycles. The van der Waals surface area contributed by atoms with E-state index < -0.39 is 6.10 Å². The molecule has 0 spiro atoms. The van der Waals surface area contributed by atoms with Gasteiger partial charge in [-0.25, -0.2) is 0 Å². The summed E-state index contributed by atoms with van der Waals surface area (Å²) in [5, 5.41) is 9.68. The van der Waals surface area contributed by atoms with E-state index in [4.69, 9.17) is 9.47 Å². The molecule has 0 amide bonds. The molecule has 0 saturated carbocycles. The van der Waals surface area contributed by atoms with Gasteiger partial charge in [-0.15, -0.1) is 0 Å². The molecule has 1 atom stereocenters. The Hall–Kier alpha value is -2.92. The molecule has 1 unspecified atom stereocenters. The Morgan fingerprint density at radius 3 is 0.903 bits per heavy atom. The lowest BCUT2D eigenvalue weighted by atomic mass is 10.0. The molecule has 0 aromatic rings. The smallest absolute Gasteiger partial charge is 0.306 e. The third kappa shape index (κ3) is 59.6. The van der Waals surface area contributed by atoms with Gasteiger partial charge in [-0.3, -0.25) is 9.59 Å². The van der Waals surface area contributed by atoms with Crippen LogP contribution >= 0.6 is 0 Å². The third-order valence-corrected chi connectivity index (χ3v) is 13.7. The van der Waals surface area contributed by atoms with Gasteiger partial charge in [-0.05, 0) is 70.6 Å². The predicted molar refractivity (Wildman–Crippen MR) is 316 cm³/mol. The van der Waals surface area contributed by atoms with Gasteiger partial charge in [0.25, 0.3) is 0 Å². The number of hydrogen-bond donors (Lipinski definition) is 1. The van der Waals surface area contributed by atoms with Crippen molar-refractivity contribution in [3.8, 4) is 0 Å². The lowest BCUT2D eigenvalue weighted by Gasteiger charge is -2.15. The first-order valence-electron chi connectivity index (χ1n) is 31.1. The van der Waals surface area contributed by atoms with Crippen LogP contribution in [0.25, 0.3) is 0 Å². The van der Waals surface area contributed by atoms with E-state index in [2.05, 4.69) is 98.9 Å². The second kappa shape index (κ2) is 62.4. The number of aliphatic hydroxyl groups excluding tert-OH is 1. The van der Waals surface area contributed by atoms with Crippen molar-refractivity contribution < 1.29 is 24.2 Å². The summed E-state index contributed by atoms with van der Waals surface area (Å²) in [6, 6.07) is 0. The van der Waals surface area contributed by atoms with E-state index in [9.17, 15) is 14.7 Å². The molecule has 416 valence electrons. The van der Waals surface area contributed by atoms with Gasteiger partial charge in [0.2, 0.25) is 0 Å². The fourth-order valence-corrected chi connectivity index (χ4v) is 9.07. The van der Waals surface area contributed by atoms with Crippen LogP contribution in [0.2, 0.25) is 0 Å². The summed E-state index contributed by atoms with van der Waals surface area (Å²) in [6.07, 6.45) is 87.2. The Morgan fingerprint density at radius 2 is 0.597 bits per heavy atom. The highest BCUT2D eigenvalue weighted by Crippen LogP contribution is 2.17. The van der Waals surface area contributed by atoms with Crippen LogP contribution in [0.4, 0.5) is 0 Å². The second-order valence-corrected chi connectivity index (χ2v) is 20.8. The molecule has 1 N–H and O–H groups in total. The maximum Gasteiger partial charge on any atom is 0.306 e. The fraction of sp³-hybridized carbons (Fsp3) is 0.761. The van der Waals surface area contributed by atoms with Crippen molar-refractivity contribution in [3.63, 3.8) is 0 Å². The number of carbonyl (C=O) groups excluding carboxylic acids is 2. The van der Waals surface area contributed by atoms with Crippen LogP contribution in [0.1, 0.15) is 309 Å². The zero-order valence-corrected chi connectivity index (χ0v) is 47.7. The van der Waals surface area contributed by atoms with Crippen LogP contribution in [0.5, 0.6) is 0 Å². The summed E-state index contributed by atoms with van der Waals surface area (Å²) in [4.78, 5) is 24.6. The van der Waals surface area contributed by atoms with Crippen molar-refractivity contribution in [1.29, 1.82) is 0 Å². The Labute approximate surface area is 447 Å². The minimum absolute atomic E-state index is 0.0711. The first-order chi connectivity index (χ1) is 35.6. The summed E-state index contributed by atoms with van der Waals surface area (Å²) >= 11 is 0. The van der Waals surface area contributed by atoms with Crippen LogP contribution in [0.15, 0.2) is 85.1 Å². The SMILES string of the molecule is CC/C=C\C/C=C\C/C=C\C/C=C\C/C=C\C/C=C\C/C=C\CCCCCCCCCC(=O)OC(CO)COC(=O)CCCCCCCCCCCCCCCCCCCCCCCCCCCCCCC. The van der Waals surface area contributed by atoms with Crippen molar-refractivity contribution in [2.24, 2.45) is 0 Å². The molecule has 5 nitrogen and oxygen atoms in total. The summed E-state index contributed by atoms with van der Waals surface area (Å²) in [6.45, 7) is 4.05. The van der Waals surface area contributed by atoms with Crippen LogP contribution in [-0.4, -0.2) is 36.4 Å². The van der Waals surface area contributed by atoms with Crippen molar-refractivity contribution in [2.75, 3.05) is 13.2 Å². The zero-order chi connectivity index (χ0) is 52.0. The number of rotatable bonds is 57. The average molecular weight is 1000 g/mol. The maximum absolute atomic E-state index is 12.3. The van der Waals surface area contributed by atoms with E-state index in [1.54, 1.807) is 0 Å². The largest absolute Gasteiger partial charge is 0.462 e. The van der Waals surface area contributed by atoms with Gasteiger partial charge in [0.15, 0.2) is 6.10 Å². The first-order valence-corrected chi connectivity index (χ1v) is 31.1. The number of allylic oxidation sites excluding steroid dienone is 14. The van der Waals surface area contributed by atoms with Crippen LogP contribution in [-0.2, 0) is 19.1 Å². The Kier molecular flexibility index (Phi) is 59.8. The predicted octanol–water partition coefficient (Wildman–Crippen LogP) is 21.3. The number of esters is 2. The molecule has 0 aliphatic carbocycles. The molecular formula is C67H118O5. The molecule has 0 fully saturated rings. The van der Waals surface area contributed by atoms with Gasteiger partial charge in [0.1, 0.15) is 6.61 Å². The Morgan fingerprint density at radius 1 is 0.333 bits per heavy atom. The van der Waals surface area contributed by atoms with Crippen molar-refractivity contribution in [1.82, 2.24) is 0 Å². The van der Waals surface area contributed by atoms with Crippen molar-refractivity contribution >= 4 is 11.9 Å². The van der Waals surface area contributed by atoms with Crippen LogP contribution < -0.4 is 0 Å². The number of hydrogen-bond acceptors (Lipinski definition) is 5. The van der Waals surface area contributed by atoms with E-state index in [0.717, 1.165) is 89.9 Å². The first kappa shape index (κ1) is 69.1. The van der Waals surface area contributed by atoms with Crippen LogP contribution in [0, 0.1) is 0 Å². The Bertz CT molecular complexity index is 1320. The van der Waals surface area contributed by atoms with E-state index in [0.29, 0.717) is 12.8 Å². The topological polar surface area (TPSA) is 72.8 Å². The molecule has 0 radical (unpaired) electrons. The normalized spacial score (nSPS) is 12.8. The number of aliphatic hydroxyl groups is 1. The second-order valence-electron chi connectivity index (χ2n) is 20.8. The molecule has 72 heavy (non-hydrogen) atoms. The summed E-state index contributed by atoms with van der Waals surface area (Å²) in [7, 11) is 0. The highest BCUT2D eigenvalue weighted by Gasteiger charge is 2.16. The monoisotopic (exact) mass is 1000 g/mol. The molecule has 0 heterocycles. The molecule has 0 bridgehead atoms. The highest BCUT2D eigenvalue weighted by molar-refractivity contribution is 5.70. The fourth-order valence-electron chi connectivity index (χ4n) is 9.07. The lowest BCUT2D eigenvalue weighted by molar-refractivity contribution is -0.161. The number of ether oxygens (including phenoxy) is 2. The standard InChI is InChI=1S/C67H118O5/c1-3-5-7-9-11-13-15-17-19-21-23-25-27-29-31-33-35-37-39-41-43-45-47-49-51-53-55-57-59-61-66(69)71-64-65(63-68)72-67(70)62-60-58-56-54-52-50-48-46-44-42-40-38-36-34-32-30-28-26-24-22-20-18-16-14-12-10-8-6-4-2/h6,8,12,14,18,20,24,26,30,32,36,38,42,44,65,68H,3-5,7,9-11,13,15-17,19,21-23,25,27-29,31,33-35,37,39-41,43,45-64H2,1-2H3/b8-6-,14-12-,20-18-,26-24-,32-30-,38-36-,44-42-. The molecule has 5 heteroatoms. The van der Waals surface area contributed by atoms with Gasteiger partial charge < -0.3 is 14.6 Å². The van der Waals surface area contributed by atoms with E-state index in [1.807, 2.05) is 0 Å². The number of unbranched alkanes of at least 4 members (excludes halogenated alkanes) is 35. The van der Waals surface area contributed by atoms with Crippen LogP contribution in [0.3, 0.4) is 0 Å². The van der Waals surface area contributed by atoms with Gasteiger partial charge in [-0.1, -0.05) is 311 Å². The maximum atomic E-state index is 12.3. The molecule has 0 aliphatic rings. The average Bonchev–Trinajstić information content (AvgIpc) is 3.38. The third-order valence-electron chi connectivity index (χ3n) is 13.7. The van der Waals surface area contributed by atoms with Gasteiger partial charge in [0.05, 0.1) is 6.61 Å². The summed E-state index contributed by atoms with van der Waals surface area (Å²) in [5.74, 6) is -0.594. The minimum atomic E-state index is -0.783. The molecular weight excluding hydrogens is 885 g/mol. The molecule has 0 aliphatic heterocycles. The molecule has 0 aromatic carbocycles. The van der Waals surface area contributed by atoms with Crippen molar-refractivity contribution in [2.45, 2.75) is 315 Å². The van der Waals surface area contributed by atoms with Gasteiger partial charge in [0, 0.05) is 12.8 Å². The lowest BCUT2D eigenvalue weighted by Crippen LogP contribution is -2.28. The molecule has 0 saturated heterocycles. The quantitative estimate of drug-likeness (QED) is 0.0373.